The summed E-state index contributed by atoms with van der Waals surface area (Å²) in [6.45, 7) is -0.221. The lowest BCUT2D eigenvalue weighted by Crippen LogP contribution is -2.37. The summed E-state index contributed by atoms with van der Waals surface area (Å²) in [7, 11) is 0. The first kappa shape index (κ1) is 10.6. The van der Waals surface area contributed by atoms with Gasteiger partial charge in [0.05, 0.1) is 6.61 Å². The molecule has 0 spiro atoms. The summed E-state index contributed by atoms with van der Waals surface area (Å²) in [4.78, 5) is 23.9. The fourth-order valence-corrected chi connectivity index (χ4v) is 0.370. The van der Waals surface area contributed by atoms with Crippen LogP contribution in [0.2, 0.25) is 0 Å². The Hall–Kier alpha value is -1.37. The van der Waals surface area contributed by atoms with Gasteiger partial charge in [0.15, 0.2) is 0 Å². The van der Waals surface area contributed by atoms with Crippen molar-refractivity contribution >= 4 is 5.97 Å². The van der Waals surface area contributed by atoms with Gasteiger partial charge >= 0.3 is 5.97 Å². The third kappa shape index (κ3) is 2.70. The molecule has 2 N–H and O–H groups in total. The van der Waals surface area contributed by atoms with E-state index in [0.717, 1.165) is 6.92 Å². The van der Waals surface area contributed by atoms with Gasteiger partial charge in [0.25, 0.3) is 5.09 Å². The van der Waals surface area contributed by atoms with Crippen molar-refractivity contribution in [1.82, 2.24) is 0 Å². The topological polar surface area (TPSA) is 110 Å². The number of aliphatic hydroxyl groups is 1. The van der Waals surface area contributed by atoms with Gasteiger partial charge < -0.3 is 15.1 Å². The van der Waals surface area contributed by atoms with E-state index in [4.69, 9.17) is 10.2 Å². The minimum absolute atomic E-state index is 0.661. The van der Waals surface area contributed by atoms with Crippen LogP contribution in [0, 0.1) is 15.5 Å². The first-order valence-corrected chi connectivity index (χ1v) is 3.04. The Morgan fingerprint density at radius 3 is 2.50 bits per heavy atom. The summed E-state index contributed by atoms with van der Waals surface area (Å²) in [6, 6.07) is 0. The van der Waals surface area contributed by atoms with E-state index in [1.165, 1.54) is 0 Å². The van der Waals surface area contributed by atoms with Crippen molar-refractivity contribution in [1.29, 1.82) is 0 Å². The summed E-state index contributed by atoms with van der Waals surface area (Å²) >= 11 is 0. The number of aliphatic carboxylic acids is 1. The van der Waals surface area contributed by atoms with Gasteiger partial charge in [-0.1, -0.05) is 0 Å². The van der Waals surface area contributed by atoms with Gasteiger partial charge in [-0.05, 0) is 6.92 Å². The van der Waals surface area contributed by atoms with Crippen LogP contribution < -0.4 is 0 Å². The van der Waals surface area contributed by atoms with Crippen LogP contribution in [0.15, 0.2) is 0 Å². The number of carbonyl (C=O) groups is 1. The van der Waals surface area contributed by atoms with E-state index in [9.17, 15) is 14.9 Å². The molecule has 0 aliphatic rings. The minimum atomic E-state index is -1.62. The zero-order valence-corrected chi connectivity index (χ0v) is 6.39. The highest BCUT2D eigenvalue weighted by molar-refractivity contribution is 5.74. The molecule has 0 aromatic heterocycles. The van der Waals surface area contributed by atoms with Crippen LogP contribution in [-0.4, -0.2) is 34.5 Å². The molecule has 7 heteroatoms. The lowest BCUT2D eigenvalue weighted by molar-refractivity contribution is -0.760. The Kier molecular flexibility index (Phi) is 3.42. The molecule has 12 heavy (non-hydrogen) atoms. The molecule has 0 aromatic rings. The van der Waals surface area contributed by atoms with Gasteiger partial charge in [-0.3, -0.25) is 4.79 Å². The summed E-state index contributed by atoms with van der Waals surface area (Å²) in [6.07, 6.45) is 0. The van der Waals surface area contributed by atoms with E-state index in [0.29, 0.717) is 0 Å². The summed E-state index contributed by atoms with van der Waals surface area (Å²) in [5.74, 6) is -1.34. The molecule has 0 saturated carbocycles. The molecule has 7 nitrogen and oxygen atoms in total. The van der Waals surface area contributed by atoms with Crippen molar-refractivity contribution in [3.05, 3.63) is 10.1 Å². The molecule has 0 bridgehead atoms. The van der Waals surface area contributed by atoms with Gasteiger partial charge in [-0.25, -0.2) is 0 Å². The Labute approximate surface area is 67.7 Å². The molecular formula is C5H9NO6. The highest BCUT2D eigenvalue weighted by atomic mass is 16.9. The minimum Gasteiger partial charge on any atom is -0.481 e. The van der Waals surface area contributed by atoms with E-state index >= 15 is 0 Å². The number of hydrogen-bond acceptors (Lipinski definition) is 5. The lowest BCUT2D eigenvalue weighted by Gasteiger charge is -2.19. The third-order valence-electron chi connectivity index (χ3n) is 1.35. The maximum atomic E-state index is 10.4. The van der Waals surface area contributed by atoms with E-state index < -0.39 is 29.7 Å². The fraction of sp³-hybridized carbons (Fsp3) is 0.800. The van der Waals surface area contributed by atoms with E-state index in [1.54, 1.807) is 0 Å². The predicted molar refractivity (Wildman–Crippen MR) is 35.8 cm³/mol. The molecule has 0 rings (SSSR count). The standard InChI is InChI=1S/C5H9NO6/c1-5(2-7,4(8)9)3-12-6(10)11/h7H,2-3H2,1H3,(H,8,9). The van der Waals surface area contributed by atoms with Gasteiger partial charge in [0.2, 0.25) is 0 Å². The van der Waals surface area contributed by atoms with Gasteiger partial charge in [-0.2, -0.15) is 0 Å². The SMILES string of the molecule is CC(CO)(CO[N+](=O)[O-])C(=O)O. The zero-order valence-electron chi connectivity index (χ0n) is 6.39. The second-order valence-electron chi connectivity index (χ2n) is 2.52. The molecule has 0 amide bonds. The van der Waals surface area contributed by atoms with Crippen LogP contribution >= 0.6 is 0 Å². The molecule has 0 radical (unpaired) electrons. The number of carboxylic acids is 1. The second-order valence-corrected chi connectivity index (χ2v) is 2.52. The van der Waals surface area contributed by atoms with Crippen molar-refractivity contribution in [3.8, 4) is 0 Å². The number of hydrogen-bond donors (Lipinski definition) is 2. The molecule has 0 aromatic carbocycles. The van der Waals surface area contributed by atoms with Crippen LogP contribution in [0.25, 0.3) is 0 Å². The average Bonchev–Trinajstić information content (AvgIpc) is 1.99. The van der Waals surface area contributed by atoms with Crippen molar-refractivity contribution in [2.45, 2.75) is 6.92 Å². The number of nitrogens with zero attached hydrogens (tertiary/aromatic N) is 1. The third-order valence-corrected chi connectivity index (χ3v) is 1.35. The predicted octanol–water partition coefficient (Wildman–Crippen LogP) is -0.722. The first-order chi connectivity index (χ1) is 5.42. The van der Waals surface area contributed by atoms with Crippen LogP contribution in [0.1, 0.15) is 6.92 Å². The van der Waals surface area contributed by atoms with Crippen molar-refractivity contribution in [3.63, 3.8) is 0 Å². The molecule has 0 aliphatic carbocycles. The summed E-state index contributed by atoms with van der Waals surface area (Å²) < 4.78 is 0. The van der Waals surface area contributed by atoms with Crippen LogP contribution in [0.4, 0.5) is 0 Å². The van der Waals surface area contributed by atoms with E-state index in [2.05, 4.69) is 4.84 Å². The Morgan fingerprint density at radius 1 is 1.75 bits per heavy atom. The highest BCUT2D eigenvalue weighted by Crippen LogP contribution is 2.15. The Balaban J connectivity index is 4.15. The molecule has 0 heterocycles. The fourth-order valence-electron chi connectivity index (χ4n) is 0.370. The number of aliphatic hydroxyl groups excluding tert-OH is 1. The zero-order chi connectivity index (χ0) is 9.78. The molecular weight excluding hydrogens is 170 g/mol. The Bertz CT molecular complexity index is 192. The summed E-state index contributed by atoms with van der Waals surface area (Å²) in [5.41, 5.74) is -1.62. The molecule has 70 valence electrons. The molecule has 0 aliphatic heterocycles. The van der Waals surface area contributed by atoms with Gasteiger partial charge in [-0.15, -0.1) is 10.1 Å². The largest absolute Gasteiger partial charge is 0.481 e. The molecule has 1 atom stereocenters. The maximum absolute atomic E-state index is 10.4. The Morgan fingerprint density at radius 2 is 2.25 bits per heavy atom. The van der Waals surface area contributed by atoms with Crippen molar-refractivity contribution in [2.24, 2.45) is 5.41 Å². The lowest BCUT2D eigenvalue weighted by atomic mass is 9.94. The quantitative estimate of drug-likeness (QED) is 0.425. The number of carboxylic acid groups (broad SMARTS) is 1. The first-order valence-electron chi connectivity index (χ1n) is 3.04. The molecule has 1 unspecified atom stereocenters. The van der Waals surface area contributed by atoms with E-state index in [1.807, 2.05) is 0 Å². The van der Waals surface area contributed by atoms with Crippen molar-refractivity contribution < 1.29 is 24.9 Å². The van der Waals surface area contributed by atoms with Crippen molar-refractivity contribution in [2.75, 3.05) is 13.2 Å². The van der Waals surface area contributed by atoms with Crippen LogP contribution in [-0.2, 0) is 9.63 Å². The highest BCUT2D eigenvalue weighted by Gasteiger charge is 2.33. The smallest absolute Gasteiger partial charge is 0.313 e. The van der Waals surface area contributed by atoms with Crippen LogP contribution in [0.3, 0.4) is 0 Å². The monoisotopic (exact) mass is 179 g/mol. The number of rotatable bonds is 5. The maximum Gasteiger partial charge on any atom is 0.313 e. The van der Waals surface area contributed by atoms with Gasteiger partial charge in [0.1, 0.15) is 12.0 Å². The van der Waals surface area contributed by atoms with Crippen LogP contribution in [0.5, 0.6) is 0 Å². The molecule has 0 saturated heterocycles. The average molecular weight is 179 g/mol. The normalized spacial score (nSPS) is 14.8. The summed E-state index contributed by atoms with van der Waals surface area (Å²) in [5, 5.41) is 25.7. The second kappa shape index (κ2) is 3.86. The molecule has 0 fully saturated rings. The van der Waals surface area contributed by atoms with E-state index in [-0.39, 0.29) is 0 Å². The van der Waals surface area contributed by atoms with Gasteiger partial charge in [0, 0.05) is 0 Å².